The van der Waals surface area contributed by atoms with Crippen LogP contribution in [-0.4, -0.2) is 69.3 Å². The number of amides is 1. The van der Waals surface area contributed by atoms with Crippen molar-refractivity contribution in [2.45, 2.75) is 0 Å². The molecule has 0 unspecified atom stereocenters. The Morgan fingerprint density at radius 3 is 2.79 bits per heavy atom. The molecular weight excluding hydrogens is 371 g/mol. The lowest BCUT2D eigenvalue weighted by molar-refractivity contribution is -0.130. The SMILES string of the molecule is C=CCN1CCN(C(=O)CNc2c(-c3ccccc3F)nc3cnccn23)CC1. The molecule has 7 nitrogen and oxygen atoms in total. The molecule has 1 amide bonds. The van der Waals surface area contributed by atoms with Gasteiger partial charge in [0, 0.05) is 50.7 Å². The first kappa shape index (κ1) is 19.1. The van der Waals surface area contributed by atoms with Crippen molar-refractivity contribution in [1.29, 1.82) is 0 Å². The number of carbonyl (C=O) groups is 1. The van der Waals surface area contributed by atoms with Crippen LogP contribution in [0.25, 0.3) is 16.9 Å². The summed E-state index contributed by atoms with van der Waals surface area (Å²) in [4.78, 5) is 25.4. The topological polar surface area (TPSA) is 65.8 Å². The van der Waals surface area contributed by atoms with E-state index in [1.54, 1.807) is 41.2 Å². The average Bonchev–Trinajstić information content (AvgIpc) is 3.11. The van der Waals surface area contributed by atoms with Gasteiger partial charge in [-0.2, -0.15) is 0 Å². The minimum atomic E-state index is -0.364. The third kappa shape index (κ3) is 3.97. The van der Waals surface area contributed by atoms with Crippen molar-refractivity contribution in [1.82, 2.24) is 24.2 Å². The molecule has 1 aromatic carbocycles. The number of halogens is 1. The van der Waals surface area contributed by atoms with E-state index in [0.29, 0.717) is 35.8 Å². The predicted molar refractivity (Wildman–Crippen MR) is 110 cm³/mol. The lowest BCUT2D eigenvalue weighted by Crippen LogP contribution is -2.50. The zero-order valence-corrected chi connectivity index (χ0v) is 16.1. The molecule has 0 spiro atoms. The molecule has 3 aromatic rings. The van der Waals surface area contributed by atoms with Crippen LogP contribution in [0.2, 0.25) is 0 Å². The standard InChI is InChI=1S/C21H23FN6O/c1-2-8-26-10-12-27(13-11-26)19(29)15-24-21-20(16-5-3-4-6-17(16)22)25-18-14-23-7-9-28(18)21/h2-7,9,14,24H,1,8,10-13,15H2. The van der Waals surface area contributed by atoms with Crippen LogP contribution < -0.4 is 5.32 Å². The van der Waals surface area contributed by atoms with E-state index in [4.69, 9.17) is 0 Å². The fourth-order valence-corrected chi connectivity index (χ4v) is 3.55. The highest BCUT2D eigenvalue weighted by Crippen LogP contribution is 2.30. The minimum absolute atomic E-state index is 0.00624. The number of aromatic nitrogens is 3. The van der Waals surface area contributed by atoms with Crippen molar-refractivity contribution in [2.75, 3.05) is 44.6 Å². The van der Waals surface area contributed by atoms with Crippen LogP contribution in [0, 0.1) is 5.82 Å². The summed E-state index contributed by atoms with van der Waals surface area (Å²) in [6.07, 6.45) is 6.86. The highest BCUT2D eigenvalue weighted by atomic mass is 19.1. The number of imidazole rings is 1. The molecule has 0 atom stereocenters. The van der Waals surface area contributed by atoms with Gasteiger partial charge in [-0.05, 0) is 12.1 Å². The van der Waals surface area contributed by atoms with Crippen molar-refractivity contribution in [3.63, 3.8) is 0 Å². The number of anilines is 1. The summed E-state index contributed by atoms with van der Waals surface area (Å²) in [5, 5.41) is 3.18. The molecule has 150 valence electrons. The zero-order valence-electron chi connectivity index (χ0n) is 16.1. The second-order valence-corrected chi connectivity index (χ2v) is 6.92. The number of piperazine rings is 1. The van der Waals surface area contributed by atoms with E-state index in [9.17, 15) is 9.18 Å². The van der Waals surface area contributed by atoms with E-state index in [1.807, 2.05) is 11.0 Å². The number of fused-ring (bicyclic) bond motifs is 1. The molecule has 0 aliphatic carbocycles. The highest BCUT2D eigenvalue weighted by molar-refractivity contribution is 5.84. The molecule has 29 heavy (non-hydrogen) atoms. The molecule has 1 aliphatic heterocycles. The third-order valence-electron chi connectivity index (χ3n) is 5.08. The van der Waals surface area contributed by atoms with Crippen molar-refractivity contribution in [2.24, 2.45) is 0 Å². The van der Waals surface area contributed by atoms with Gasteiger partial charge < -0.3 is 10.2 Å². The monoisotopic (exact) mass is 394 g/mol. The maximum Gasteiger partial charge on any atom is 0.242 e. The molecule has 0 radical (unpaired) electrons. The third-order valence-corrected chi connectivity index (χ3v) is 5.08. The first-order valence-electron chi connectivity index (χ1n) is 9.59. The van der Waals surface area contributed by atoms with Crippen LogP contribution in [0.1, 0.15) is 0 Å². The van der Waals surface area contributed by atoms with Gasteiger partial charge in [-0.3, -0.25) is 19.1 Å². The molecule has 0 saturated carbocycles. The van der Waals surface area contributed by atoms with Crippen LogP contribution in [0.5, 0.6) is 0 Å². The lowest BCUT2D eigenvalue weighted by Gasteiger charge is -2.34. The molecular formula is C21H23FN6O. The Bertz CT molecular complexity index is 1020. The van der Waals surface area contributed by atoms with Crippen LogP contribution >= 0.6 is 0 Å². The second kappa shape index (κ2) is 8.40. The maximum absolute atomic E-state index is 14.4. The molecule has 4 rings (SSSR count). The number of benzene rings is 1. The Morgan fingerprint density at radius 1 is 1.24 bits per heavy atom. The number of nitrogens with zero attached hydrogens (tertiary/aromatic N) is 5. The Hall–Kier alpha value is -3.26. The molecule has 8 heteroatoms. The summed E-state index contributed by atoms with van der Waals surface area (Å²) in [5.41, 5.74) is 1.42. The van der Waals surface area contributed by atoms with Gasteiger partial charge in [0.2, 0.25) is 5.91 Å². The van der Waals surface area contributed by atoms with E-state index in [-0.39, 0.29) is 18.3 Å². The molecule has 2 aromatic heterocycles. The van der Waals surface area contributed by atoms with Crippen molar-refractivity contribution in [3.05, 3.63) is 61.3 Å². The van der Waals surface area contributed by atoms with E-state index in [2.05, 4.69) is 26.8 Å². The lowest BCUT2D eigenvalue weighted by atomic mass is 10.1. The molecule has 1 fully saturated rings. The van der Waals surface area contributed by atoms with Gasteiger partial charge in [0.15, 0.2) is 5.65 Å². The van der Waals surface area contributed by atoms with Crippen molar-refractivity contribution < 1.29 is 9.18 Å². The Balaban J connectivity index is 1.53. The van der Waals surface area contributed by atoms with E-state index in [0.717, 1.165) is 19.6 Å². The van der Waals surface area contributed by atoms with Gasteiger partial charge >= 0.3 is 0 Å². The van der Waals surface area contributed by atoms with Gasteiger partial charge in [0.1, 0.15) is 17.3 Å². The van der Waals surface area contributed by atoms with Crippen LogP contribution in [0.3, 0.4) is 0 Å². The normalized spacial score (nSPS) is 14.9. The van der Waals surface area contributed by atoms with Crippen LogP contribution in [0.15, 0.2) is 55.5 Å². The average molecular weight is 394 g/mol. The highest BCUT2D eigenvalue weighted by Gasteiger charge is 2.22. The number of nitrogens with one attached hydrogen (secondary N) is 1. The van der Waals surface area contributed by atoms with Gasteiger partial charge in [-0.15, -0.1) is 6.58 Å². The zero-order chi connectivity index (χ0) is 20.2. The Labute approximate surface area is 168 Å². The van der Waals surface area contributed by atoms with E-state index >= 15 is 0 Å². The smallest absolute Gasteiger partial charge is 0.242 e. The number of hydrogen-bond donors (Lipinski definition) is 1. The van der Waals surface area contributed by atoms with Crippen molar-refractivity contribution in [3.8, 4) is 11.3 Å². The number of carbonyl (C=O) groups excluding carboxylic acids is 1. The van der Waals surface area contributed by atoms with E-state index in [1.165, 1.54) is 6.07 Å². The summed E-state index contributed by atoms with van der Waals surface area (Å²) in [6.45, 7) is 7.74. The van der Waals surface area contributed by atoms with Crippen LogP contribution in [0.4, 0.5) is 10.2 Å². The molecule has 1 saturated heterocycles. The van der Waals surface area contributed by atoms with Gasteiger partial charge in [0.25, 0.3) is 0 Å². The van der Waals surface area contributed by atoms with E-state index < -0.39 is 0 Å². The molecule has 1 N–H and O–H groups in total. The van der Waals surface area contributed by atoms with Gasteiger partial charge in [-0.1, -0.05) is 18.2 Å². The fraction of sp³-hybridized carbons (Fsp3) is 0.286. The number of hydrogen-bond acceptors (Lipinski definition) is 5. The quantitative estimate of drug-likeness (QED) is 0.650. The summed E-state index contributed by atoms with van der Waals surface area (Å²) >= 11 is 0. The summed E-state index contributed by atoms with van der Waals surface area (Å²) in [5.74, 6) is 0.217. The van der Waals surface area contributed by atoms with Gasteiger partial charge in [0.05, 0.1) is 12.7 Å². The first-order valence-corrected chi connectivity index (χ1v) is 9.59. The molecule has 3 heterocycles. The predicted octanol–water partition coefficient (Wildman–Crippen LogP) is 2.28. The molecule has 0 bridgehead atoms. The van der Waals surface area contributed by atoms with Gasteiger partial charge in [-0.25, -0.2) is 9.37 Å². The Morgan fingerprint density at radius 2 is 2.03 bits per heavy atom. The summed E-state index contributed by atoms with van der Waals surface area (Å²) < 4.78 is 16.2. The fourth-order valence-electron chi connectivity index (χ4n) is 3.55. The molecule has 1 aliphatic rings. The summed E-state index contributed by atoms with van der Waals surface area (Å²) in [6, 6.07) is 6.47. The largest absolute Gasteiger partial charge is 0.360 e. The van der Waals surface area contributed by atoms with Crippen molar-refractivity contribution >= 4 is 17.4 Å². The number of rotatable bonds is 6. The minimum Gasteiger partial charge on any atom is -0.360 e. The second-order valence-electron chi connectivity index (χ2n) is 6.92. The van der Waals surface area contributed by atoms with Crippen LogP contribution in [-0.2, 0) is 4.79 Å². The summed E-state index contributed by atoms with van der Waals surface area (Å²) in [7, 11) is 0. The Kier molecular flexibility index (Phi) is 5.53. The maximum atomic E-state index is 14.4. The first-order chi connectivity index (χ1) is 14.2.